The quantitative estimate of drug-likeness (QED) is 0.793. The maximum atomic E-state index is 11.6. The van der Waals surface area contributed by atoms with Gasteiger partial charge in [-0.25, -0.2) is 4.79 Å². The van der Waals surface area contributed by atoms with E-state index in [1.807, 2.05) is 6.07 Å². The van der Waals surface area contributed by atoms with Gasteiger partial charge in [-0.1, -0.05) is 6.07 Å². The molecule has 4 nitrogen and oxygen atoms in total. The Labute approximate surface area is 101 Å². The number of nitrogens with one attached hydrogen (secondary N) is 1. The van der Waals surface area contributed by atoms with Crippen molar-refractivity contribution in [3.8, 4) is 5.75 Å². The van der Waals surface area contributed by atoms with Crippen molar-refractivity contribution in [2.24, 2.45) is 0 Å². The summed E-state index contributed by atoms with van der Waals surface area (Å²) in [6, 6.07) is 5.46. The zero-order chi connectivity index (χ0) is 12.1. The molecule has 1 aromatic rings. The fraction of sp³-hybridized carbons (Fsp3) is 0.462. The molecular weight excluding hydrogens is 218 g/mol. The Bertz CT molecular complexity index is 404. The SMILES string of the molecule is CCOC(=O)c1ccc2c(c1)OCCCNC2. The summed E-state index contributed by atoms with van der Waals surface area (Å²) in [5.74, 6) is 0.483. The minimum Gasteiger partial charge on any atom is -0.493 e. The van der Waals surface area contributed by atoms with E-state index >= 15 is 0 Å². The van der Waals surface area contributed by atoms with Gasteiger partial charge in [-0.05, 0) is 32.0 Å². The Kier molecular flexibility index (Phi) is 3.98. The molecule has 0 bridgehead atoms. The molecule has 1 N–H and O–H groups in total. The number of carbonyl (C=O) groups excluding carboxylic acids is 1. The van der Waals surface area contributed by atoms with E-state index in [1.165, 1.54) is 0 Å². The fourth-order valence-corrected chi connectivity index (χ4v) is 1.78. The first-order valence-corrected chi connectivity index (χ1v) is 5.95. The van der Waals surface area contributed by atoms with Crippen LogP contribution in [0.3, 0.4) is 0 Å². The maximum Gasteiger partial charge on any atom is 0.338 e. The number of benzene rings is 1. The Morgan fingerprint density at radius 2 is 2.41 bits per heavy atom. The molecule has 4 heteroatoms. The first-order chi connectivity index (χ1) is 8.31. The van der Waals surface area contributed by atoms with Crippen molar-refractivity contribution in [3.05, 3.63) is 29.3 Å². The van der Waals surface area contributed by atoms with Crippen molar-refractivity contribution in [1.82, 2.24) is 5.32 Å². The summed E-state index contributed by atoms with van der Waals surface area (Å²) in [7, 11) is 0. The van der Waals surface area contributed by atoms with Crippen molar-refractivity contribution in [3.63, 3.8) is 0 Å². The first kappa shape index (κ1) is 11.9. The fourth-order valence-electron chi connectivity index (χ4n) is 1.78. The third-order valence-electron chi connectivity index (χ3n) is 2.65. The molecule has 2 rings (SSSR count). The standard InChI is InChI=1S/C13H17NO3/c1-2-16-13(15)10-4-5-11-9-14-6-3-7-17-12(11)8-10/h4-5,8,14H,2-3,6-7,9H2,1H3. The van der Waals surface area contributed by atoms with Gasteiger partial charge in [0.1, 0.15) is 5.75 Å². The van der Waals surface area contributed by atoms with E-state index in [1.54, 1.807) is 19.1 Å². The normalized spacial score (nSPS) is 15.1. The van der Waals surface area contributed by atoms with Crippen LogP contribution in [0, 0.1) is 0 Å². The van der Waals surface area contributed by atoms with Crippen LogP contribution in [0.2, 0.25) is 0 Å². The van der Waals surface area contributed by atoms with E-state index in [9.17, 15) is 4.79 Å². The minimum atomic E-state index is -0.297. The van der Waals surface area contributed by atoms with Crippen molar-refractivity contribution < 1.29 is 14.3 Å². The number of hydrogen-bond acceptors (Lipinski definition) is 4. The third-order valence-corrected chi connectivity index (χ3v) is 2.65. The maximum absolute atomic E-state index is 11.6. The number of esters is 1. The van der Waals surface area contributed by atoms with Crippen molar-refractivity contribution in [2.45, 2.75) is 19.9 Å². The second kappa shape index (κ2) is 5.68. The largest absolute Gasteiger partial charge is 0.493 e. The van der Waals surface area contributed by atoms with Crippen molar-refractivity contribution in [2.75, 3.05) is 19.8 Å². The van der Waals surface area contributed by atoms with Crippen LogP contribution in [-0.2, 0) is 11.3 Å². The second-order valence-corrected chi connectivity index (χ2v) is 3.92. The zero-order valence-corrected chi connectivity index (χ0v) is 9.99. The van der Waals surface area contributed by atoms with E-state index < -0.39 is 0 Å². The lowest BCUT2D eigenvalue weighted by molar-refractivity contribution is 0.0526. The van der Waals surface area contributed by atoms with Crippen LogP contribution >= 0.6 is 0 Å². The van der Waals surface area contributed by atoms with Crippen LogP contribution in [-0.4, -0.2) is 25.7 Å². The van der Waals surface area contributed by atoms with Gasteiger partial charge >= 0.3 is 5.97 Å². The Hall–Kier alpha value is -1.55. The van der Waals surface area contributed by atoms with E-state index in [0.717, 1.165) is 30.8 Å². The van der Waals surface area contributed by atoms with Gasteiger partial charge in [-0.15, -0.1) is 0 Å². The van der Waals surface area contributed by atoms with Crippen LogP contribution < -0.4 is 10.1 Å². The summed E-state index contributed by atoms with van der Waals surface area (Å²) in [5, 5.41) is 3.32. The predicted molar refractivity (Wildman–Crippen MR) is 64.2 cm³/mol. The highest BCUT2D eigenvalue weighted by atomic mass is 16.5. The van der Waals surface area contributed by atoms with Gasteiger partial charge in [-0.3, -0.25) is 0 Å². The smallest absolute Gasteiger partial charge is 0.338 e. The molecule has 1 aliphatic heterocycles. The highest BCUT2D eigenvalue weighted by Gasteiger charge is 2.12. The molecule has 0 aliphatic carbocycles. The van der Waals surface area contributed by atoms with Crippen LogP contribution in [0.15, 0.2) is 18.2 Å². The van der Waals surface area contributed by atoms with Gasteiger partial charge in [0.15, 0.2) is 0 Å². The monoisotopic (exact) mass is 235 g/mol. The van der Waals surface area contributed by atoms with E-state index in [0.29, 0.717) is 18.8 Å². The summed E-state index contributed by atoms with van der Waals surface area (Å²) < 4.78 is 10.6. The van der Waals surface area contributed by atoms with Crippen molar-refractivity contribution in [1.29, 1.82) is 0 Å². The van der Waals surface area contributed by atoms with Crippen LogP contribution in [0.25, 0.3) is 0 Å². The molecule has 17 heavy (non-hydrogen) atoms. The van der Waals surface area contributed by atoms with Crippen molar-refractivity contribution >= 4 is 5.97 Å². The topological polar surface area (TPSA) is 47.6 Å². The summed E-state index contributed by atoms with van der Waals surface area (Å²) in [6.07, 6.45) is 0.975. The molecule has 0 saturated heterocycles. The summed E-state index contributed by atoms with van der Waals surface area (Å²) in [6.45, 7) is 4.59. The van der Waals surface area contributed by atoms with E-state index in [-0.39, 0.29) is 5.97 Å². The molecule has 1 heterocycles. The number of rotatable bonds is 2. The van der Waals surface area contributed by atoms with Gasteiger partial charge < -0.3 is 14.8 Å². The lowest BCUT2D eigenvalue weighted by atomic mass is 10.1. The molecule has 0 aromatic heterocycles. The summed E-state index contributed by atoms with van der Waals surface area (Å²) in [4.78, 5) is 11.6. The van der Waals surface area contributed by atoms with Gasteiger partial charge in [-0.2, -0.15) is 0 Å². The second-order valence-electron chi connectivity index (χ2n) is 3.92. The summed E-state index contributed by atoms with van der Waals surface area (Å²) in [5.41, 5.74) is 1.63. The molecular formula is C13H17NO3. The lowest BCUT2D eigenvalue weighted by Gasteiger charge is -2.16. The average molecular weight is 235 g/mol. The predicted octanol–water partition coefficient (Wildman–Crippen LogP) is 1.74. The van der Waals surface area contributed by atoms with Crippen LogP contribution in [0.5, 0.6) is 5.75 Å². The van der Waals surface area contributed by atoms with Gasteiger partial charge in [0, 0.05) is 12.1 Å². The Morgan fingerprint density at radius 3 is 3.24 bits per heavy atom. The number of carbonyl (C=O) groups is 1. The molecule has 0 fully saturated rings. The molecule has 1 aromatic carbocycles. The molecule has 0 amide bonds. The third kappa shape index (κ3) is 2.97. The molecule has 0 spiro atoms. The highest BCUT2D eigenvalue weighted by molar-refractivity contribution is 5.90. The zero-order valence-electron chi connectivity index (χ0n) is 9.99. The van der Waals surface area contributed by atoms with E-state index in [4.69, 9.17) is 9.47 Å². The van der Waals surface area contributed by atoms with Gasteiger partial charge in [0.05, 0.1) is 18.8 Å². The number of fused-ring (bicyclic) bond motifs is 1. The molecule has 0 unspecified atom stereocenters. The Morgan fingerprint density at radius 1 is 1.53 bits per heavy atom. The van der Waals surface area contributed by atoms with E-state index in [2.05, 4.69) is 5.32 Å². The van der Waals surface area contributed by atoms with Gasteiger partial charge in [0.2, 0.25) is 0 Å². The molecule has 92 valence electrons. The molecule has 0 saturated carbocycles. The molecule has 0 radical (unpaired) electrons. The van der Waals surface area contributed by atoms with Crippen LogP contribution in [0.4, 0.5) is 0 Å². The number of hydrogen-bond donors (Lipinski definition) is 1. The summed E-state index contributed by atoms with van der Waals surface area (Å²) >= 11 is 0. The first-order valence-electron chi connectivity index (χ1n) is 5.95. The minimum absolute atomic E-state index is 0.297. The van der Waals surface area contributed by atoms with Crippen LogP contribution in [0.1, 0.15) is 29.3 Å². The number of ether oxygens (including phenoxy) is 2. The molecule has 1 aliphatic rings. The van der Waals surface area contributed by atoms with Gasteiger partial charge in [0.25, 0.3) is 0 Å². The lowest BCUT2D eigenvalue weighted by Crippen LogP contribution is -2.21. The average Bonchev–Trinajstić information content (AvgIpc) is 2.30. The highest BCUT2D eigenvalue weighted by Crippen LogP contribution is 2.22. The molecule has 0 atom stereocenters. The Balaban J connectivity index is 2.21.